The Hall–Kier alpha value is -2.33. The van der Waals surface area contributed by atoms with Crippen molar-refractivity contribution >= 4 is 40.2 Å². The zero-order chi connectivity index (χ0) is 18.9. The largest absolute Gasteiger partial charge is 0.494 e. The van der Waals surface area contributed by atoms with Gasteiger partial charge in [-0.15, -0.1) is 0 Å². The van der Waals surface area contributed by atoms with Gasteiger partial charge in [0.15, 0.2) is 5.82 Å². The van der Waals surface area contributed by atoms with Gasteiger partial charge in [-0.05, 0) is 17.7 Å². The number of aliphatic carboxylic acids is 1. The summed E-state index contributed by atoms with van der Waals surface area (Å²) in [4.78, 5) is 17.2. The van der Waals surface area contributed by atoms with E-state index < -0.39 is 12.1 Å². The minimum absolute atomic E-state index is 0.153. The number of aliphatic hydroxyl groups is 1. The quantitative estimate of drug-likeness (QED) is 0.728. The van der Waals surface area contributed by atoms with Crippen molar-refractivity contribution in [1.29, 1.82) is 0 Å². The molecule has 4 rings (SSSR count). The molecule has 0 saturated heterocycles. The van der Waals surface area contributed by atoms with Gasteiger partial charge in [0.2, 0.25) is 5.88 Å². The first-order valence-electron chi connectivity index (χ1n) is 7.15. The van der Waals surface area contributed by atoms with Crippen LogP contribution in [0, 0.1) is 0 Å². The molecule has 136 valence electrons. The molecule has 5 nitrogen and oxygen atoms in total. The smallest absolute Gasteiger partial charge is 0.490 e. The van der Waals surface area contributed by atoms with Gasteiger partial charge in [-0.1, -0.05) is 53.9 Å². The van der Waals surface area contributed by atoms with Crippen LogP contribution in [0.4, 0.5) is 19.0 Å². The van der Waals surface area contributed by atoms with Crippen LogP contribution in [0.2, 0.25) is 0 Å². The van der Waals surface area contributed by atoms with Crippen molar-refractivity contribution in [3.8, 4) is 0 Å². The molecule has 0 saturated carbocycles. The van der Waals surface area contributed by atoms with Crippen LogP contribution < -0.4 is 4.90 Å². The second kappa shape index (κ2) is 7.12. The molecule has 0 fully saturated rings. The van der Waals surface area contributed by atoms with Crippen LogP contribution in [0.15, 0.2) is 59.4 Å². The zero-order valence-electron chi connectivity index (χ0n) is 12.8. The number of carboxylic acid groups (broad SMARTS) is 1. The Labute approximate surface area is 154 Å². The van der Waals surface area contributed by atoms with Crippen LogP contribution in [0.1, 0.15) is 5.56 Å². The average Bonchev–Trinajstić information content (AvgIpc) is 3.12. The number of benzene rings is 1. The third-order valence-electron chi connectivity index (χ3n) is 3.35. The highest BCUT2D eigenvalue weighted by Crippen LogP contribution is 2.56. The van der Waals surface area contributed by atoms with Gasteiger partial charge in [0.05, 0.1) is 9.80 Å². The molecular weight excluding hydrogens is 389 g/mol. The highest BCUT2D eigenvalue weighted by atomic mass is 32.2. The number of halogens is 3. The number of thioether (sulfide) groups is 2. The summed E-state index contributed by atoms with van der Waals surface area (Å²) in [6.45, 7) is 0. The third kappa shape index (κ3) is 3.61. The molecule has 26 heavy (non-hydrogen) atoms. The van der Waals surface area contributed by atoms with E-state index in [2.05, 4.69) is 4.98 Å². The molecule has 3 heterocycles. The van der Waals surface area contributed by atoms with E-state index in [1.807, 2.05) is 47.4 Å². The molecule has 0 radical (unpaired) electrons. The zero-order valence-corrected chi connectivity index (χ0v) is 14.5. The van der Waals surface area contributed by atoms with E-state index in [0.717, 1.165) is 21.2 Å². The van der Waals surface area contributed by atoms with Gasteiger partial charge < -0.3 is 10.2 Å². The van der Waals surface area contributed by atoms with E-state index >= 15 is 0 Å². The molecule has 1 aromatic heterocycles. The molecule has 0 bridgehead atoms. The molecule has 2 aliphatic rings. The number of hydrogen-bond acceptors (Lipinski definition) is 6. The molecule has 2 N–H and O–H groups in total. The Morgan fingerprint density at radius 1 is 1.12 bits per heavy atom. The highest BCUT2D eigenvalue weighted by Gasteiger charge is 2.42. The first-order chi connectivity index (χ1) is 12.3. The molecular formula is C16H11F3N2O3S2. The van der Waals surface area contributed by atoms with Crippen LogP contribution >= 0.6 is 23.5 Å². The van der Waals surface area contributed by atoms with Crippen molar-refractivity contribution in [3.63, 3.8) is 0 Å². The lowest BCUT2D eigenvalue weighted by molar-refractivity contribution is -0.192. The molecule has 2 aromatic rings. The number of aliphatic hydroxyl groups excluding tert-OH is 1. The van der Waals surface area contributed by atoms with E-state index in [-0.39, 0.29) is 4.71 Å². The van der Waals surface area contributed by atoms with E-state index in [1.54, 1.807) is 29.7 Å². The van der Waals surface area contributed by atoms with Crippen molar-refractivity contribution in [2.75, 3.05) is 4.90 Å². The standard InChI is InChI=1S/C14H10N2OS2.C2HF3O2/c17-13-11(9-5-2-1-3-6-9)19-14-16(13)12-10(18-14)7-4-8-15-12;3-2(4,5)1(6)7/h1-8,14,17H;(H,6,7). The van der Waals surface area contributed by atoms with Crippen molar-refractivity contribution < 1.29 is 28.2 Å². The van der Waals surface area contributed by atoms with Crippen molar-refractivity contribution in [3.05, 3.63) is 60.1 Å². The van der Waals surface area contributed by atoms with E-state index in [9.17, 15) is 18.3 Å². The monoisotopic (exact) mass is 400 g/mol. The molecule has 0 spiro atoms. The number of anilines is 1. The van der Waals surface area contributed by atoms with Crippen molar-refractivity contribution in [2.45, 2.75) is 15.8 Å². The van der Waals surface area contributed by atoms with E-state index in [4.69, 9.17) is 9.90 Å². The van der Waals surface area contributed by atoms with Gasteiger partial charge in [-0.25, -0.2) is 9.78 Å². The Balaban J connectivity index is 0.000000242. The number of aromatic nitrogens is 1. The summed E-state index contributed by atoms with van der Waals surface area (Å²) in [5.74, 6) is -1.59. The van der Waals surface area contributed by atoms with Crippen molar-refractivity contribution in [2.24, 2.45) is 0 Å². The predicted molar refractivity (Wildman–Crippen MR) is 93.6 cm³/mol. The maximum absolute atomic E-state index is 10.6. The Bertz CT molecular complexity index is 859. The first kappa shape index (κ1) is 18.5. The summed E-state index contributed by atoms with van der Waals surface area (Å²) in [6.07, 6.45) is -3.32. The first-order valence-corrected chi connectivity index (χ1v) is 8.91. The molecule has 1 unspecified atom stereocenters. The Kier molecular flexibility index (Phi) is 5.05. The number of fused-ring (bicyclic) bond motifs is 3. The van der Waals surface area contributed by atoms with Gasteiger partial charge in [-0.3, -0.25) is 4.90 Å². The molecule has 10 heteroatoms. The fourth-order valence-electron chi connectivity index (χ4n) is 2.24. The van der Waals surface area contributed by atoms with E-state index in [1.165, 1.54) is 0 Å². The molecule has 1 atom stereocenters. The number of hydrogen-bond donors (Lipinski definition) is 2. The van der Waals surface area contributed by atoms with Gasteiger partial charge in [0.1, 0.15) is 4.71 Å². The SMILES string of the molecule is O=C(O)C(F)(F)F.OC1=C(c2ccccc2)SC2Sc3cccnc3N12. The van der Waals surface area contributed by atoms with Crippen molar-refractivity contribution in [1.82, 2.24) is 4.98 Å². The van der Waals surface area contributed by atoms with Crippen LogP contribution in [-0.4, -0.2) is 32.0 Å². The number of pyridine rings is 1. The lowest BCUT2D eigenvalue weighted by Gasteiger charge is -2.15. The molecule has 0 aliphatic carbocycles. The van der Waals surface area contributed by atoms with Gasteiger partial charge >= 0.3 is 12.1 Å². The highest BCUT2D eigenvalue weighted by molar-refractivity contribution is 8.22. The number of carboxylic acids is 1. The fourth-order valence-corrected chi connectivity index (χ4v) is 4.95. The summed E-state index contributed by atoms with van der Waals surface area (Å²) < 4.78 is 31.9. The maximum atomic E-state index is 10.6. The van der Waals surface area contributed by atoms with Crippen LogP contribution in [-0.2, 0) is 4.79 Å². The number of nitrogens with zero attached hydrogens (tertiary/aromatic N) is 2. The van der Waals surface area contributed by atoms with Gasteiger partial charge in [0, 0.05) is 6.20 Å². The molecule has 2 aliphatic heterocycles. The number of alkyl halides is 3. The number of rotatable bonds is 1. The molecule has 0 amide bonds. The number of carbonyl (C=O) groups is 1. The van der Waals surface area contributed by atoms with Crippen LogP contribution in [0.25, 0.3) is 4.91 Å². The van der Waals surface area contributed by atoms with Crippen LogP contribution in [0.3, 0.4) is 0 Å². The lowest BCUT2D eigenvalue weighted by Crippen LogP contribution is -2.21. The summed E-state index contributed by atoms with van der Waals surface area (Å²) in [5.41, 5.74) is 1.05. The topological polar surface area (TPSA) is 73.7 Å². The third-order valence-corrected chi connectivity index (χ3v) is 5.97. The summed E-state index contributed by atoms with van der Waals surface area (Å²) >= 11 is 3.41. The second-order valence-corrected chi connectivity index (χ2v) is 7.57. The average molecular weight is 400 g/mol. The minimum atomic E-state index is -5.08. The normalized spacial score (nSPS) is 18.1. The minimum Gasteiger partial charge on any atom is -0.494 e. The predicted octanol–water partition coefficient (Wildman–Crippen LogP) is 4.54. The second-order valence-electron chi connectivity index (χ2n) is 5.06. The van der Waals surface area contributed by atoms with E-state index in [0.29, 0.717) is 5.88 Å². The fraction of sp³-hybridized carbons (Fsp3) is 0.125. The summed E-state index contributed by atoms with van der Waals surface area (Å²) in [5, 5.41) is 17.6. The van der Waals surface area contributed by atoms with Gasteiger partial charge in [-0.2, -0.15) is 13.2 Å². The Morgan fingerprint density at radius 3 is 2.38 bits per heavy atom. The van der Waals surface area contributed by atoms with Gasteiger partial charge in [0.25, 0.3) is 0 Å². The molecule has 1 aromatic carbocycles. The summed E-state index contributed by atoms with van der Waals surface area (Å²) in [6, 6.07) is 14.0. The Morgan fingerprint density at radius 2 is 1.77 bits per heavy atom. The lowest BCUT2D eigenvalue weighted by atomic mass is 10.2. The van der Waals surface area contributed by atoms with Crippen LogP contribution in [0.5, 0.6) is 0 Å². The summed E-state index contributed by atoms with van der Waals surface area (Å²) in [7, 11) is 0. The maximum Gasteiger partial charge on any atom is 0.490 e.